The van der Waals surface area contributed by atoms with E-state index in [-0.39, 0.29) is 18.5 Å². The summed E-state index contributed by atoms with van der Waals surface area (Å²) in [6, 6.07) is -0.547. The Kier molecular flexibility index (Phi) is 59.0. The van der Waals surface area contributed by atoms with Crippen LogP contribution in [-0.2, 0) is 14.3 Å². The highest BCUT2D eigenvalue weighted by atomic mass is 16.5. The van der Waals surface area contributed by atoms with Gasteiger partial charge in [0.25, 0.3) is 0 Å². The number of unbranched alkanes of at least 4 members (excludes halogenated alkanes) is 47. The highest BCUT2D eigenvalue weighted by Gasteiger charge is 2.20. The van der Waals surface area contributed by atoms with Crippen molar-refractivity contribution in [2.45, 2.75) is 373 Å². The number of aliphatic hydroxyl groups excluding tert-OH is 2. The van der Waals surface area contributed by atoms with Gasteiger partial charge in [-0.05, 0) is 51.4 Å². The molecule has 0 aliphatic rings. The van der Waals surface area contributed by atoms with E-state index < -0.39 is 12.1 Å². The molecule has 0 aliphatic heterocycles. The molecular formula is C64H125NO5. The molecule has 0 aliphatic carbocycles. The van der Waals surface area contributed by atoms with E-state index in [1.807, 2.05) is 0 Å². The standard InChI is InChI=1S/C64H125NO5/c1-3-5-7-9-11-13-15-17-18-19-20-24-27-30-33-36-40-44-48-52-56-62(67)61(60-66)65-63(68)57-53-49-45-41-37-34-31-28-25-22-21-23-26-29-32-35-39-43-47-51-55-59-70-64(69)58-54-50-46-42-38-16-14-12-10-8-6-4-2/h22,25,61-62,66-67H,3-21,23-24,26-60H2,1-2H3,(H,65,68)/b25-22-. The van der Waals surface area contributed by atoms with Gasteiger partial charge in [-0.15, -0.1) is 0 Å². The van der Waals surface area contributed by atoms with E-state index in [0.29, 0.717) is 25.9 Å². The summed E-state index contributed by atoms with van der Waals surface area (Å²) >= 11 is 0. The van der Waals surface area contributed by atoms with Crippen molar-refractivity contribution in [2.75, 3.05) is 13.2 Å². The summed E-state index contributed by atoms with van der Waals surface area (Å²) in [6.45, 7) is 4.98. The minimum absolute atomic E-state index is 0.00978. The number of hydrogen-bond acceptors (Lipinski definition) is 5. The Morgan fingerprint density at radius 3 is 1.01 bits per heavy atom. The first-order valence-corrected chi connectivity index (χ1v) is 31.9. The van der Waals surface area contributed by atoms with Crippen LogP contribution < -0.4 is 5.32 Å². The third-order valence-electron chi connectivity index (χ3n) is 15.1. The smallest absolute Gasteiger partial charge is 0.305 e. The Hall–Kier alpha value is -1.40. The number of carbonyl (C=O) groups excluding carboxylic acids is 2. The predicted octanol–water partition coefficient (Wildman–Crippen LogP) is 20.0. The molecule has 0 spiro atoms. The van der Waals surface area contributed by atoms with Gasteiger partial charge in [0, 0.05) is 12.8 Å². The quantitative estimate of drug-likeness (QED) is 0.0321. The number of ether oxygens (including phenoxy) is 1. The predicted molar refractivity (Wildman–Crippen MR) is 306 cm³/mol. The van der Waals surface area contributed by atoms with Gasteiger partial charge in [0.2, 0.25) is 5.91 Å². The first-order valence-electron chi connectivity index (χ1n) is 31.9. The lowest BCUT2D eigenvalue weighted by Crippen LogP contribution is -2.45. The summed E-state index contributed by atoms with van der Waals surface area (Å²) in [4.78, 5) is 24.5. The minimum atomic E-state index is -0.669. The molecule has 3 N–H and O–H groups in total. The van der Waals surface area contributed by atoms with Crippen LogP contribution in [0.1, 0.15) is 361 Å². The molecule has 70 heavy (non-hydrogen) atoms. The summed E-state index contributed by atoms with van der Waals surface area (Å²) in [6.07, 6.45) is 72.2. The maximum Gasteiger partial charge on any atom is 0.305 e. The van der Waals surface area contributed by atoms with Crippen molar-refractivity contribution in [2.24, 2.45) is 0 Å². The van der Waals surface area contributed by atoms with Crippen molar-refractivity contribution >= 4 is 11.9 Å². The Morgan fingerprint density at radius 2 is 0.671 bits per heavy atom. The number of aliphatic hydroxyl groups is 2. The van der Waals surface area contributed by atoms with E-state index in [1.54, 1.807) is 0 Å². The Bertz CT molecular complexity index is 1050. The van der Waals surface area contributed by atoms with E-state index in [9.17, 15) is 19.8 Å². The molecule has 6 nitrogen and oxygen atoms in total. The van der Waals surface area contributed by atoms with E-state index in [0.717, 1.165) is 38.5 Å². The van der Waals surface area contributed by atoms with Gasteiger partial charge in [-0.25, -0.2) is 0 Å². The van der Waals surface area contributed by atoms with Crippen LogP contribution in [0.3, 0.4) is 0 Å². The van der Waals surface area contributed by atoms with Gasteiger partial charge >= 0.3 is 5.97 Å². The summed E-state index contributed by atoms with van der Waals surface area (Å²) < 4.78 is 5.47. The zero-order valence-electron chi connectivity index (χ0n) is 47.5. The number of hydrogen-bond donors (Lipinski definition) is 3. The van der Waals surface area contributed by atoms with Crippen molar-refractivity contribution < 1.29 is 24.5 Å². The molecule has 416 valence electrons. The van der Waals surface area contributed by atoms with E-state index >= 15 is 0 Å². The second-order valence-electron chi connectivity index (χ2n) is 22.1. The molecule has 0 aromatic rings. The topological polar surface area (TPSA) is 95.9 Å². The minimum Gasteiger partial charge on any atom is -0.466 e. The molecule has 0 aromatic heterocycles. The molecule has 2 unspecified atom stereocenters. The van der Waals surface area contributed by atoms with Crippen LogP contribution in [0, 0.1) is 0 Å². The van der Waals surface area contributed by atoms with Crippen molar-refractivity contribution in [1.29, 1.82) is 0 Å². The molecule has 0 radical (unpaired) electrons. The molecule has 0 aromatic carbocycles. The maximum atomic E-state index is 12.5. The number of allylic oxidation sites excluding steroid dienone is 2. The molecule has 0 bridgehead atoms. The van der Waals surface area contributed by atoms with Crippen LogP contribution in [0.15, 0.2) is 12.2 Å². The molecule has 0 heterocycles. The lowest BCUT2D eigenvalue weighted by atomic mass is 10.0. The monoisotopic (exact) mass is 988 g/mol. The second kappa shape index (κ2) is 60.2. The molecular weight excluding hydrogens is 863 g/mol. The normalized spacial score (nSPS) is 12.6. The molecule has 2 atom stereocenters. The zero-order chi connectivity index (χ0) is 50.7. The largest absolute Gasteiger partial charge is 0.466 e. The van der Waals surface area contributed by atoms with Gasteiger partial charge in [-0.2, -0.15) is 0 Å². The van der Waals surface area contributed by atoms with Gasteiger partial charge in [-0.3, -0.25) is 9.59 Å². The van der Waals surface area contributed by atoms with Crippen molar-refractivity contribution in [3.8, 4) is 0 Å². The highest BCUT2D eigenvalue weighted by molar-refractivity contribution is 5.76. The number of rotatable bonds is 60. The van der Waals surface area contributed by atoms with Crippen LogP contribution in [-0.4, -0.2) is 47.4 Å². The summed E-state index contributed by atoms with van der Waals surface area (Å²) in [5.41, 5.74) is 0. The average molecular weight is 989 g/mol. The third kappa shape index (κ3) is 55.9. The van der Waals surface area contributed by atoms with E-state index in [4.69, 9.17) is 4.74 Å². The van der Waals surface area contributed by atoms with E-state index in [2.05, 4.69) is 31.3 Å². The fourth-order valence-corrected chi connectivity index (χ4v) is 10.2. The molecule has 1 amide bonds. The number of nitrogens with one attached hydrogen (secondary N) is 1. The number of carbonyl (C=O) groups is 2. The Morgan fingerprint density at radius 1 is 0.386 bits per heavy atom. The molecule has 6 heteroatoms. The zero-order valence-corrected chi connectivity index (χ0v) is 47.5. The fourth-order valence-electron chi connectivity index (χ4n) is 10.2. The van der Waals surface area contributed by atoms with Gasteiger partial charge in [0.15, 0.2) is 0 Å². The van der Waals surface area contributed by atoms with Crippen molar-refractivity contribution in [3.63, 3.8) is 0 Å². The lowest BCUT2D eigenvalue weighted by Gasteiger charge is -2.22. The maximum absolute atomic E-state index is 12.5. The van der Waals surface area contributed by atoms with Crippen LogP contribution in [0.25, 0.3) is 0 Å². The van der Waals surface area contributed by atoms with E-state index in [1.165, 1.54) is 289 Å². The summed E-state index contributed by atoms with van der Waals surface area (Å²) in [7, 11) is 0. The first kappa shape index (κ1) is 68.6. The van der Waals surface area contributed by atoms with Crippen LogP contribution >= 0.6 is 0 Å². The highest BCUT2D eigenvalue weighted by Crippen LogP contribution is 2.18. The summed E-state index contributed by atoms with van der Waals surface area (Å²) in [5, 5.41) is 23.4. The second-order valence-corrected chi connectivity index (χ2v) is 22.1. The molecule has 0 rings (SSSR count). The van der Waals surface area contributed by atoms with Crippen LogP contribution in [0.5, 0.6) is 0 Å². The van der Waals surface area contributed by atoms with Gasteiger partial charge in [0.05, 0.1) is 25.4 Å². The van der Waals surface area contributed by atoms with Crippen LogP contribution in [0.4, 0.5) is 0 Å². The first-order chi connectivity index (χ1) is 34.5. The lowest BCUT2D eigenvalue weighted by molar-refractivity contribution is -0.143. The SMILES string of the molecule is CCCCCCCCCCCCCCCCCCCCCCC(O)C(CO)NC(=O)CCCCCCCCC/C=C\CCCCCCCCCCCCOC(=O)CCCCCCCCCCCCCC. The van der Waals surface area contributed by atoms with Gasteiger partial charge in [-0.1, -0.05) is 309 Å². The Balaban J connectivity index is 3.42. The molecule has 0 fully saturated rings. The van der Waals surface area contributed by atoms with Gasteiger partial charge in [0.1, 0.15) is 0 Å². The van der Waals surface area contributed by atoms with Crippen LogP contribution in [0.2, 0.25) is 0 Å². The van der Waals surface area contributed by atoms with Crippen molar-refractivity contribution in [1.82, 2.24) is 5.32 Å². The number of amides is 1. The fraction of sp³-hybridized carbons (Fsp3) is 0.938. The average Bonchev–Trinajstić information content (AvgIpc) is 3.36. The van der Waals surface area contributed by atoms with Crippen molar-refractivity contribution in [3.05, 3.63) is 12.2 Å². The molecule has 0 saturated carbocycles. The number of esters is 1. The summed E-state index contributed by atoms with van der Waals surface area (Å²) in [5.74, 6) is -0.0290. The molecule has 0 saturated heterocycles. The Labute approximate surface area is 438 Å². The van der Waals surface area contributed by atoms with Gasteiger partial charge < -0.3 is 20.3 Å². The third-order valence-corrected chi connectivity index (χ3v) is 15.1.